The number of halogens is 4. The Morgan fingerprint density at radius 1 is 1.27 bits per heavy atom. The van der Waals surface area contributed by atoms with E-state index in [4.69, 9.17) is 4.74 Å². The summed E-state index contributed by atoms with van der Waals surface area (Å²) in [6.45, 7) is 3.58. The Hall–Kier alpha value is -1.83. The standard InChI is InChI=1S/C14H16F4N2O2/c1-7-8(2)22-4-3-20(7)14(21)19-6-9-12(17)10(15)5-11(16)13(9)18/h5,7-8H,3-4,6H2,1-2H3,(H,19,21). The van der Waals surface area contributed by atoms with Crippen LogP contribution in [0.4, 0.5) is 22.4 Å². The van der Waals surface area contributed by atoms with E-state index in [9.17, 15) is 22.4 Å². The van der Waals surface area contributed by atoms with Crippen LogP contribution in [0.3, 0.4) is 0 Å². The van der Waals surface area contributed by atoms with Crippen LogP contribution in [0.1, 0.15) is 19.4 Å². The van der Waals surface area contributed by atoms with Gasteiger partial charge < -0.3 is 15.0 Å². The van der Waals surface area contributed by atoms with Gasteiger partial charge in [-0.1, -0.05) is 0 Å². The molecular weight excluding hydrogens is 304 g/mol. The maximum atomic E-state index is 13.5. The van der Waals surface area contributed by atoms with Crippen molar-refractivity contribution >= 4 is 6.03 Å². The first-order chi connectivity index (χ1) is 10.3. The molecule has 2 rings (SSSR count). The van der Waals surface area contributed by atoms with Crippen molar-refractivity contribution in [1.29, 1.82) is 0 Å². The third-order valence-electron chi connectivity index (χ3n) is 3.76. The van der Waals surface area contributed by atoms with Gasteiger partial charge in [-0.25, -0.2) is 22.4 Å². The summed E-state index contributed by atoms with van der Waals surface area (Å²) in [5.41, 5.74) is -0.847. The molecule has 0 bridgehead atoms. The predicted octanol–water partition coefficient (Wildman–Crippen LogP) is 2.56. The molecule has 1 aliphatic rings. The van der Waals surface area contributed by atoms with Crippen molar-refractivity contribution < 1.29 is 27.1 Å². The van der Waals surface area contributed by atoms with Crippen molar-refractivity contribution in [3.8, 4) is 0 Å². The molecule has 1 heterocycles. The molecular formula is C14H16F4N2O2. The lowest BCUT2D eigenvalue weighted by Gasteiger charge is -2.37. The highest BCUT2D eigenvalue weighted by Crippen LogP contribution is 2.19. The second-order valence-corrected chi connectivity index (χ2v) is 5.12. The third-order valence-corrected chi connectivity index (χ3v) is 3.76. The molecule has 1 aromatic carbocycles. The molecule has 0 spiro atoms. The van der Waals surface area contributed by atoms with E-state index in [1.54, 1.807) is 13.8 Å². The van der Waals surface area contributed by atoms with Crippen LogP contribution in [0.15, 0.2) is 6.07 Å². The van der Waals surface area contributed by atoms with Gasteiger partial charge in [0, 0.05) is 18.2 Å². The van der Waals surface area contributed by atoms with Crippen LogP contribution >= 0.6 is 0 Å². The quantitative estimate of drug-likeness (QED) is 0.672. The number of ether oxygens (including phenoxy) is 1. The Morgan fingerprint density at radius 2 is 1.86 bits per heavy atom. The minimum atomic E-state index is -1.51. The second-order valence-electron chi connectivity index (χ2n) is 5.12. The highest BCUT2D eigenvalue weighted by molar-refractivity contribution is 5.74. The Labute approximate surface area is 125 Å². The summed E-state index contributed by atoms with van der Waals surface area (Å²) in [6.07, 6.45) is -0.181. The van der Waals surface area contributed by atoms with Gasteiger partial charge in [-0.2, -0.15) is 0 Å². The topological polar surface area (TPSA) is 41.6 Å². The number of urea groups is 1. The van der Waals surface area contributed by atoms with Crippen LogP contribution in [-0.2, 0) is 11.3 Å². The fourth-order valence-electron chi connectivity index (χ4n) is 2.26. The van der Waals surface area contributed by atoms with Gasteiger partial charge in [0.15, 0.2) is 23.3 Å². The molecule has 1 aromatic rings. The van der Waals surface area contributed by atoms with E-state index >= 15 is 0 Å². The Balaban J connectivity index is 2.09. The lowest BCUT2D eigenvalue weighted by Crippen LogP contribution is -2.54. The molecule has 1 aliphatic heterocycles. The molecule has 22 heavy (non-hydrogen) atoms. The Morgan fingerprint density at radius 3 is 2.45 bits per heavy atom. The first kappa shape index (κ1) is 16.5. The minimum Gasteiger partial charge on any atom is -0.375 e. The van der Waals surface area contributed by atoms with Gasteiger partial charge in [-0.3, -0.25) is 0 Å². The van der Waals surface area contributed by atoms with Crippen LogP contribution < -0.4 is 5.32 Å². The molecule has 2 amide bonds. The molecule has 2 unspecified atom stereocenters. The summed E-state index contributed by atoms with van der Waals surface area (Å²) < 4.78 is 58.6. The number of amides is 2. The number of rotatable bonds is 2. The summed E-state index contributed by atoms with van der Waals surface area (Å²) in [5, 5.41) is 2.27. The molecule has 8 heteroatoms. The van der Waals surface area contributed by atoms with E-state index in [1.807, 2.05) is 0 Å². The molecule has 122 valence electrons. The van der Waals surface area contributed by atoms with Gasteiger partial charge in [-0.05, 0) is 13.8 Å². The average molecular weight is 320 g/mol. The summed E-state index contributed by atoms with van der Waals surface area (Å²) >= 11 is 0. The van der Waals surface area contributed by atoms with Gasteiger partial charge in [-0.15, -0.1) is 0 Å². The van der Waals surface area contributed by atoms with Crippen LogP contribution in [0, 0.1) is 23.3 Å². The van der Waals surface area contributed by atoms with Crippen LogP contribution in [0.2, 0.25) is 0 Å². The SMILES string of the molecule is CC1OCCN(C(=O)NCc2c(F)c(F)cc(F)c2F)C1C. The van der Waals surface area contributed by atoms with Crippen molar-refractivity contribution in [3.05, 3.63) is 34.9 Å². The van der Waals surface area contributed by atoms with Crippen LogP contribution in [-0.4, -0.2) is 36.2 Å². The zero-order chi connectivity index (χ0) is 16.4. The minimum absolute atomic E-state index is 0.127. The largest absolute Gasteiger partial charge is 0.375 e. The molecule has 0 aromatic heterocycles. The van der Waals surface area contributed by atoms with Gasteiger partial charge in [0.1, 0.15) is 0 Å². The van der Waals surface area contributed by atoms with Crippen molar-refractivity contribution in [3.63, 3.8) is 0 Å². The number of hydrogen-bond acceptors (Lipinski definition) is 2. The van der Waals surface area contributed by atoms with Crippen molar-refractivity contribution in [1.82, 2.24) is 10.2 Å². The first-order valence-electron chi connectivity index (χ1n) is 6.80. The highest BCUT2D eigenvalue weighted by Gasteiger charge is 2.29. The van der Waals surface area contributed by atoms with E-state index < -0.39 is 41.4 Å². The zero-order valence-corrected chi connectivity index (χ0v) is 12.1. The molecule has 4 nitrogen and oxygen atoms in total. The maximum absolute atomic E-state index is 13.5. The van der Waals surface area contributed by atoms with Crippen molar-refractivity contribution in [2.24, 2.45) is 0 Å². The molecule has 1 fully saturated rings. The third kappa shape index (κ3) is 3.16. The van der Waals surface area contributed by atoms with Crippen LogP contribution in [0.5, 0.6) is 0 Å². The average Bonchev–Trinajstić information content (AvgIpc) is 2.48. The number of benzene rings is 1. The number of nitrogens with one attached hydrogen (secondary N) is 1. The molecule has 1 saturated heterocycles. The number of carbonyl (C=O) groups excluding carboxylic acids is 1. The van der Waals surface area contributed by atoms with Gasteiger partial charge in [0.2, 0.25) is 0 Å². The van der Waals surface area contributed by atoms with Crippen molar-refractivity contribution in [2.45, 2.75) is 32.5 Å². The van der Waals surface area contributed by atoms with Crippen molar-refractivity contribution in [2.75, 3.05) is 13.2 Å². The van der Waals surface area contributed by atoms with E-state index in [-0.39, 0.29) is 18.2 Å². The number of hydrogen-bond donors (Lipinski definition) is 1. The summed E-state index contributed by atoms with van der Waals surface area (Å²) in [6, 6.07) is -0.680. The lowest BCUT2D eigenvalue weighted by atomic mass is 10.1. The summed E-state index contributed by atoms with van der Waals surface area (Å²) in [4.78, 5) is 13.5. The highest BCUT2D eigenvalue weighted by atomic mass is 19.2. The maximum Gasteiger partial charge on any atom is 0.318 e. The molecule has 0 saturated carbocycles. The predicted molar refractivity (Wildman–Crippen MR) is 70.1 cm³/mol. The summed E-state index contributed by atoms with van der Waals surface area (Å²) in [5.74, 6) is -6.03. The normalized spacial score (nSPS) is 21.8. The van der Waals surface area contributed by atoms with Gasteiger partial charge in [0.25, 0.3) is 0 Å². The second kappa shape index (κ2) is 6.51. The molecule has 1 N–H and O–H groups in total. The number of morpholine rings is 1. The van der Waals surface area contributed by atoms with Crippen LogP contribution in [0.25, 0.3) is 0 Å². The number of nitrogens with zero attached hydrogens (tertiary/aromatic N) is 1. The van der Waals surface area contributed by atoms with E-state index in [0.29, 0.717) is 13.2 Å². The zero-order valence-electron chi connectivity index (χ0n) is 12.1. The van der Waals surface area contributed by atoms with Gasteiger partial charge in [0.05, 0.1) is 25.3 Å². The Kier molecular flexibility index (Phi) is 4.90. The summed E-state index contributed by atoms with van der Waals surface area (Å²) in [7, 11) is 0. The van der Waals surface area contributed by atoms with E-state index in [1.165, 1.54) is 4.90 Å². The number of carbonyl (C=O) groups is 1. The molecule has 0 aliphatic carbocycles. The molecule has 2 atom stereocenters. The fraction of sp³-hybridized carbons (Fsp3) is 0.500. The van der Waals surface area contributed by atoms with E-state index in [0.717, 1.165) is 0 Å². The Bertz CT molecular complexity index is 556. The lowest BCUT2D eigenvalue weighted by molar-refractivity contribution is -0.0376. The smallest absolute Gasteiger partial charge is 0.318 e. The van der Waals surface area contributed by atoms with Gasteiger partial charge >= 0.3 is 6.03 Å². The molecule has 0 radical (unpaired) electrons. The fourth-order valence-corrected chi connectivity index (χ4v) is 2.26. The monoisotopic (exact) mass is 320 g/mol. The van der Waals surface area contributed by atoms with E-state index in [2.05, 4.69) is 5.32 Å². The first-order valence-corrected chi connectivity index (χ1v) is 6.80.